The molecule has 0 saturated heterocycles. The molecule has 0 aliphatic carbocycles. The number of aromatic nitrogens is 5. The first-order chi connectivity index (χ1) is 15.4. The summed E-state index contributed by atoms with van der Waals surface area (Å²) < 4.78 is 10.4. The summed E-state index contributed by atoms with van der Waals surface area (Å²) in [5.74, 6) is -0.342. The molecular weight excluding hydrogens is 414 g/mol. The molecule has 1 N–H and O–H groups in total. The largest absolute Gasteiger partial charge is 0.494 e. The highest BCUT2D eigenvalue weighted by atomic mass is 16.5. The zero-order valence-corrected chi connectivity index (χ0v) is 18.2. The molecule has 168 valence electrons. The molecule has 0 unspecified atom stereocenters. The Bertz CT molecular complexity index is 1480. The van der Waals surface area contributed by atoms with Crippen LogP contribution in [0.15, 0.2) is 44.7 Å². The summed E-state index contributed by atoms with van der Waals surface area (Å²) in [5.41, 5.74) is -0.669. The molecule has 0 amide bonds. The highest BCUT2D eigenvalue weighted by molar-refractivity contribution is 5.76. The van der Waals surface area contributed by atoms with Crippen LogP contribution in [0, 0.1) is 0 Å². The van der Waals surface area contributed by atoms with E-state index in [0.717, 1.165) is 23.0 Å². The average molecular weight is 439 g/mol. The second kappa shape index (κ2) is 8.46. The van der Waals surface area contributed by atoms with Crippen molar-refractivity contribution in [1.82, 2.24) is 23.1 Å². The van der Waals surface area contributed by atoms with Gasteiger partial charge in [0.05, 0.1) is 13.2 Å². The van der Waals surface area contributed by atoms with Crippen LogP contribution in [0.3, 0.4) is 0 Å². The van der Waals surface area contributed by atoms with E-state index in [1.54, 1.807) is 0 Å². The van der Waals surface area contributed by atoms with E-state index in [4.69, 9.17) is 4.74 Å². The Labute approximate surface area is 182 Å². The lowest BCUT2D eigenvalue weighted by molar-refractivity contribution is 0.114. The van der Waals surface area contributed by atoms with Gasteiger partial charge >= 0.3 is 5.69 Å². The molecule has 32 heavy (non-hydrogen) atoms. The Morgan fingerprint density at radius 2 is 1.75 bits per heavy atom. The van der Waals surface area contributed by atoms with Crippen molar-refractivity contribution in [2.75, 3.05) is 6.61 Å². The quantitative estimate of drug-likeness (QED) is 0.432. The Hall–Kier alpha value is -3.66. The van der Waals surface area contributed by atoms with Crippen molar-refractivity contribution in [2.45, 2.75) is 32.9 Å². The van der Waals surface area contributed by atoms with Crippen molar-refractivity contribution in [3.8, 4) is 5.88 Å². The minimum Gasteiger partial charge on any atom is -0.494 e. The molecule has 1 aromatic carbocycles. The minimum absolute atomic E-state index is 0.0127. The van der Waals surface area contributed by atoms with Gasteiger partial charge < -0.3 is 9.84 Å². The molecule has 0 spiro atoms. The van der Waals surface area contributed by atoms with E-state index in [0.29, 0.717) is 6.61 Å². The van der Waals surface area contributed by atoms with Crippen molar-refractivity contribution >= 4 is 16.9 Å². The highest BCUT2D eigenvalue weighted by Crippen LogP contribution is 2.22. The van der Waals surface area contributed by atoms with Gasteiger partial charge in [-0.2, -0.15) is 4.98 Å². The molecule has 3 heterocycles. The molecule has 10 nitrogen and oxygen atoms in total. The number of rotatable bonds is 7. The van der Waals surface area contributed by atoms with Gasteiger partial charge in [-0.25, -0.2) is 9.20 Å². The Kier molecular flexibility index (Phi) is 5.70. The number of benzene rings is 1. The van der Waals surface area contributed by atoms with E-state index in [2.05, 4.69) is 4.98 Å². The second-order valence-corrected chi connectivity index (χ2v) is 7.71. The standard InChI is InChI=1S/C22H25N5O5/c1-4-5-11-32-13-15-18(28)26(12-14-9-7-6-8-10-14)21-23-17-16(27(21)19(15)29)20(30)25(3)22(31)24(17)2/h6-10,29H,4-5,11-13H2,1-3H3. The topological polar surface area (TPSA) is 113 Å². The molecule has 4 rings (SSSR count). The first-order valence-electron chi connectivity index (χ1n) is 10.4. The number of fused-ring (bicyclic) bond motifs is 3. The van der Waals surface area contributed by atoms with E-state index in [-0.39, 0.29) is 35.7 Å². The van der Waals surface area contributed by atoms with E-state index in [1.807, 2.05) is 37.3 Å². The number of aromatic hydroxyl groups is 1. The van der Waals surface area contributed by atoms with Gasteiger partial charge in [-0.15, -0.1) is 0 Å². The van der Waals surface area contributed by atoms with Crippen LogP contribution in [0.25, 0.3) is 16.9 Å². The smallest absolute Gasteiger partial charge is 0.332 e. The van der Waals surface area contributed by atoms with Gasteiger partial charge in [0.25, 0.3) is 11.1 Å². The Balaban J connectivity index is 2.06. The normalized spacial score (nSPS) is 11.6. The summed E-state index contributed by atoms with van der Waals surface area (Å²) in [4.78, 5) is 43.1. The van der Waals surface area contributed by atoms with E-state index in [1.165, 1.54) is 27.6 Å². The maximum atomic E-state index is 13.4. The summed E-state index contributed by atoms with van der Waals surface area (Å²) in [7, 11) is 2.84. The number of hydrogen-bond donors (Lipinski definition) is 1. The van der Waals surface area contributed by atoms with Crippen molar-refractivity contribution in [3.05, 3.63) is 72.7 Å². The molecule has 0 saturated carbocycles. The summed E-state index contributed by atoms with van der Waals surface area (Å²) in [6, 6.07) is 9.31. The van der Waals surface area contributed by atoms with Crippen molar-refractivity contribution in [3.63, 3.8) is 0 Å². The maximum absolute atomic E-state index is 13.4. The molecule has 0 bridgehead atoms. The van der Waals surface area contributed by atoms with Crippen LogP contribution >= 0.6 is 0 Å². The molecular formula is C22H25N5O5. The Morgan fingerprint density at radius 1 is 1.03 bits per heavy atom. The van der Waals surface area contributed by atoms with E-state index >= 15 is 0 Å². The van der Waals surface area contributed by atoms with Crippen molar-refractivity contribution < 1.29 is 9.84 Å². The summed E-state index contributed by atoms with van der Waals surface area (Å²) in [6.07, 6.45) is 1.75. The van der Waals surface area contributed by atoms with E-state index in [9.17, 15) is 19.5 Å². The molecule has 3 aromatic heterocycles. The summed E-state index contributed by atoms with van der Waals surface area (Å²) in [6.45, 7) is 2.52. The molecule has 0 radical (unpaired) electrons. The number of imidazole rings is 1. The van der Waals surface area contributed by atoms with Crippen LogP contribution < -0.4 is 16.8 Å². The third-order valence-electron chi connectivity index (χ3n) is 5.54. The van der Waals surface area contributed by atoms with Crippen molar-refractivity contribution in [1.29, 1.82) is 0 Å². The fraction of sp³-hybridized carbons (Fsp3) is 0.364. The molecule has 0 aliphatic heterocycles. The molecule has 0 aliphatic rings. The third kappa shape index (κ3) is 3.42. The van der Waals surface area contributed by atoms with Crippen LogP contribution in [0.2, 0.25) is 0 Å². The number of nitrogens with zero attached hydrogens (tertiary/aromatic N) is 5. The molecule has 0 atom stereocenters. The van der Waals surface area contributed by atoms with Crippen LogP contribution in [0.1, 0.15) is 30.9 Å². The highest BCUT2D eigenvalue weighted by Gasteiger charge is 2.24. The molecule has 4 aromatic rings. The summed E-state index contributed by atoms with van der Waals surface area (Å²) in [5, 5.41) is 11.0. The lowest BCUT2D eigenvalue weighted by Gasteiger charge is -2.13. The van der Waals surface area contributed by atoms with Crippen LogP contribution in [0.5, 0.6) is 5.88 Å². The monoisotopic (exact) mass is 439 g/mol. The second-order valence-electron chi connectivity index (χ2n) is 7.71. The average Bonchev–Trinajstić information content (AvgIpc) is 3.20. The SMILES string of the molecule is CCCCOCc1c(O)n2c3c(=O)n(C)c(=O)n(C)c3nc2n(Cc2ccccc2)c1=O. The predicted octanol–water partition coefficient (Wildman–Crippen LogP) is 1.12. The number of ether oxygens (including phenoxy) is 1. The van der Waals surface area contributed by atoms with Crippen LogP contribution in [0.4, 0.5) is 0 Å². The summed E-state index contributed by atoms with van der Waals surface area (Å²) >= 11 is 0. The predicted molar refractivity (Wildman–Crippen MR) is 119 cm³/mol. The maximum Gasteiger partial charge on any atom is 0.332 e. The molecule has 10 heteroatoms. The van der Waals surface area contributed by atoms with Gasteiger partial charge in [0.1, 0.15) is 5.56 Å². The Morgan fingerprint density at radius 3 is 2.44 bits per heavy atom. The number of unbranched alkanes of at least 4 members (excludes halogenated alkanes) is 1. The van der Waals surface area contributed by atoms with Gasteiger partial charge in [0.2, 0.25) is 11.7 Å². The number of hydrogen-bond acceptors (Lipinski definition) is 6. The lowest BCUT2D eigenvalue weighted by atomic mass is 10.2. The van der Waals surface area contributed by atoms with Gasteiger partial charge in [0.15, 0.2) is 11.2 Å². The first-order valence-corrected chi connectivity index (χ1v) is 10.4. The van der Waals surface area contributed by atoms with Gasteiger partial charge in [-0.05, 0) is 12.0 Å². The fourth-order valence-electron chi connectivity index (χ4n) is 3.71. The van der Waals surface area contributed by atoms with Gasteiger partial charge in [-0.1, -0.05) is 43.7 Å². The first kappa shape index (κ1) is 21.6. The van der Waals surface area contributed by atoms with Gasteiger partial charge in [-0.3, -0.25) is 23.3 Å². The zero-order chi connectivity index (χ0) is 23.0. The van der Waals surface area contributed by atoms with Crippen LogP contribution in [-0.4, -0.2) is 34.8 Å². The van der Waals surface area contributed by atoms with E-state index < -0.39 is 22.7 Å². The van der Waals surface area contributed by atoms with Crippen molar-refractivity contribution in [2.24, 2.45) is 14.1 Å². The minimum atomic E-state index is -0.617. The third-order valence-corrected chi connectivity index (χ3v) is 5.54. The molecule has 0 fully saturated rings. The fourth-order valence-corrected chi connectivity index (χ4v) is 3.71. The lowest BCUT2D eigenvalue weighted by Crippen LogP contribution is -2.37. The zero-order valence-electron chi connectivity index (χ0n) is 18.2. The van der Waals surface area contributed by atoms with Gasteiger partial charge in [0, 0.05) is 20.7 Å². The van der Waals surface area contributed by atoms with Crippen LogP contribution in [-0.2, 0) is 32.0 Å². The number of aryl methyl sites for hydroxylation is 1.